The number of hydrogen-bond acceptors (Lipinski definition) is 9. The van der Waals surface area contributed by atoms with Gasteiger partial charge in [-0.2, -0.15) is 0 Å². The quantitative estimate of drug-likeness (QED) is 0.259. The molecule has 0 atom stereocenters. The summed E-state index contributed by atoms with van der Waals surface area (Å²) < 4.78 is 15.2. The van der Waals surface area contributed by atoms with E-state index < -0.39 is 48.7 Å². The minimum absolute atomic E-state index is 0.0488. The monoisotopic (exact) mass is 494 g/mol. The van der Waals surface area contributed by atoms with E-state index in [-0.39, 0.29) is 51.2 Å². The Hall–Kier alpha value is -3.44. The van der Waals surface area contributed by atoms with Gasteiger partial charge >= 0.3 is 5.97 Å². The molecule has 1 fully saturated rings. The number of carbonyl (C=O) groups is 7. The van der Waals surface area contributed by atoms with Crippen LogP contribution in [0.5, 0.6) is 0 Å². The second-order valence-electron chi connectivity index (χ2n) is 7.79. The summed E-state index contributed by atoms with van der Waals surface area (Å²) in [5, 5.41) is 0.414. The van der Waals surface area contributed by atoms with Crippen molar-refractivity contribution in [3.63, 3.8) is 0 Å². The molecule has 0 aromatic carbocycles. The summed E-state index contributed by atoms with van der Waals surface area (Å²) in [7, 11) is -1.95. The molecule has 6 amide bonds. The Bertz CT molecular complexity index is 964. The fourth-order valence-electron chi connectivity index (χ4n) is 3.51. The van der Waals surface area contributed by atoms with Crippen LogP contribution in [0.2, 0.25) is 0 Å². The summed E-state index contributed by atoms with van der Waals surface area (Å²) in [4.78, 5) is 89.3. The lowest BCUT2D eigenvalue weighted by molar-refractivity contribution is -0.197. The van der Waals surface area contributed by atoms with Crippen LogP contribution in [-0.2, 0) is 43.0 Å². The molecule has 34 heavy (non-hydrogen) atoms. The molecule has 0 aromatic heterocycles. The average Bonchev–Trinajstić information content (AvgIpc) is 3.41. The predicted octanol–water partition coefficient (Wildman–Crippen LogP) is -0.956. The Morgan fingerprint density at radius 2 is 1.26 bits per heavy atom. The maximum absolute atomic E-state index is 13.8. The van der Waals surface area contributed by atoms with E-state index in [1.807, 2.05) is 0 Å². The first-order chi connectivity index (χ1) is 16.0. The Morgan fingerprint density at radius 3 is 1.68 bits per heavy atom. The van der Waals surface area contributed by atoms with Crippen molar-refractivity contribution in [2.24, 2.45) is 0 Å². The van der Waals surface area contributed by atoms with Gasteiger partial charge in [0.1, 0.15) is 0 Å². The van der Waals surface area contributed by atoms with E-state index in [0.717, 1.165) is 34.1 Å². The highest BCUT2D eigenvalue weighted by molar-refractivity contribution is 7.61. The van der Waals surface area contributed by atoms with Gasteiger partial charge in [0.05, 0.1) is 6.42 Å². The number of hydroxylamine groups is 2. The molecule has 0 unspecified atom stereocenters. The number of nitrogens with zero attached hydrogens (tertiary/aromatic N) is 4. The van der Waals surface area contributed by atoms with Crippen LogP contribution in [0.25, 0.3) is 0 Å². The maximum atomic E-state index is 13.8. The van der Waals surface area contributed by atoms with E-state index in [2.05, 4.69) is 0 Å². The molecule has 0 N–H and O–H groups in total. The Balaban J connectivity index is 1.63. The van der Waals surface area contributed by atoms with Crippen LogP contribution in [0.15, 0.2) is 24.3 Å². The molecule has 0 aromatic rings. The van der Waals surface area contributed by atoms with Crippen molar-refractivity contribution in [1.29, 1.82) is 0 Å². The zero-order chi connectivity index (χ0) is 25.0. The zero-order valence-corrected chi connectivity index (χ0v) is 19.3. The summed E-state index contributed by atoms with van der Waals surface area (Å²) in [5.41, 5.74) is 0. The molecule has 14 heteroatoms. The summed E-state index contributed by atoms with van der Waals surface area (Å²) >= 11 is 0. The fraction of sp³-hybridized carbons (Fsp3) is 0.450. The van der Waals surface area contributed by atoms with Crippen molar-refractivity contribution in [2.45, 2.75) is 19.3 Å². The van der Waals surface area contributed by atoms with Gasteiger partial charge in [-0.25, -0.2) is 4.79 Å². The van der Waals surface area contributed by atoms with E-state index in [1.165, 1.54) is 11.7 Å². The van der Waals surface area contributed by atoms with Gasteiger partial charge in [0.25, 0.3) is 35.4 Å². The minimum Gasteiger partial charge on any atom is -0.330 e. The maximum Gasteiger partial charge on any atom is 0.334 e. The topological polar surface area (TPSA) is 159 Å². The second-order valence-corrected chi connectivity index (χ2v) is 11.1. The summed E-state index contributed by atoms with van der Waals surface area (Å²) in [5.74, 6) is -4.31. The van der Waals surface area contributed by atoms with Crippen molar-refractivity contribution in [3.05, 3.63) is 24.3 Å². The van der Waals surface area contributed by atoms with Crippen molar-refractivity contribution in [2.75, 3.05) is 39.0 Å². The molecule has 0 radical (unpaired) electrons. The summed E-state index contributed by atoms with van der Waals surface area (Å²) in [6, 6.07) is 0. The van der Waals surface area contributed by atoms with Gasteiger partial charge < -0.3 is 9.40 Å². The second kappa shape index (κ2) is 10.2. The van der Waals surface area contributed by atoms with Crippen LogP contribution in [0, 0.1) is 0 Å². The molecular weight excluding hydrogens is 471 g/mol. The molecule has 13 nitrogen and oxygen atoms in total. The van der Waals surface area contributed by atoms with Crippen molar-refractivity contribution in [1.82, 2.24) is 19.5 Å². The number of amides is 6. The van der Waals surface area contributed by atoms with E-state index >= 15 is 0 Å². The number of rotatable bonds is 11. The van der Waals surface area contributed by atoms with Gasteiger partial charge in [0.2, 0.25) is 0 Å². The standard InChI is InChI=1S/C20H23N4O9P/c1-21(9-8-20(31)33-24-18(29)6-7-19(24)30)34(32,12-10-22-14(25)2-3-15(22)26)13-11-23-16(27)4-5-17(23)28/h2-5H,6-13H2,1H3. The van der Waals surface area contributed by atoms with Gasteiger partial charge in [-0.05, 0) is 7.05 Å². The molecule has 182 valence electrons. The summed E-state index contributed by atoms with van der Waals surface area (Å²) in [6.07, 6.45) is 3.71. The Kier molecular flexibility index (Phi) is 7.57. The van der Waals surface area contributed by atoms with Crippen LogP contribution >= 0.6 is 7.29 Å². The molecule has 0 saturated carbocycles. The highest BCUT2D eigenvalue weighted by atomic mass is 31.2. The highest BCUT2D eigenvalue weighted by Crippen LogP contribution is 2.48. The minimum atomic E-state index is -3.41. The van der Waals surface area contributed by atoms with Crippen molar-refractivity contribution >= 4 is 48.7 Å². The Labute approximate surface area is 194 Å². The van der Waals surface area contributed by atoms with Crippen molar-refractivity contribution in [3.8, 4) is 0 Å². The SMILES string of the molecule is CN(CCC(=O)ON1C(=O)CCC1=O)P(=O)(CCN1C(=O)C=CC1=O)CCN1C(=O)C=CC1=O. The van der Waals surface area contributed by atoms with Crippen LogP contribution in [0.4, 0.5) is 0 Å². The van der Waals surface area contributed by atoms with Gasteiger partial charge in [-0.1, -0.05) is 0 Å². The fourth-order valence-corrected chi connectivity index (χ4v) is 5.91. The third kappa shape index (κ3) is 5.54. The molecule has 3 aliphatic rings. The molecule has 1 saturated heterocycles. The molecule has 0 spiro atoms. The van der Waals surface area contributed by atoms with Crippen LogP contribution in [-0.4, -0.2) is 100.0 Å². The third-order valence-corrected chi connectivity index (χ3v) is 8.85. The first-order valence-corrected chi connectivity index (χ1v) is 12.5. The number of hydrogen-bond donors (Lipinski definition) is 0. The normalized spacial score (nSPS) is 18.5. The zero-order valence-electron chi connectivity index (χ0n) is 18.4. The first-order valence-electron chi connectivity index (χ1n) is 10.5. The van der Waals surface area contributed by atoms with E-state index in [9.17, 15) is 38.1 Å². The van der Waals surface area contributed by atoms with Crippen molar-refractivity contribution < 1.29 is 43.0 Å². The third-order valence-electron chi connectivity index (χ3n) is 5.61. The molecule has 0 aliphatic carbocycles. The smallest absolute Gasteiger partial charge is 0.330 e. The largest absolute Gasteiger partial charge is 0.334 e. The molecule has 0 bridgehead atoms. The van der Waals surface area contributed by atoms with E-state index in [4.69, 9.17) is 4.84 Å². The lowest BCUT2D eigenvalue weighted by Crippen LogP contribution is -2.37. The first kappa shape index (κ1) is 25.2. The van der Waals surface area contributed by atoms with Crippen LogP contribution < -0.4 is 0 Å². The number of carbonyl (C=O) groups excluding carboxylic acids is 7. The lowest BCUT2D eigenvalue weighted by atomic mass is 10.4. The number of imide groups is 3. The van der Waals surface area contributed by atoms with Gasteiger partial charge in [-0.3, -0.25) is 43.2 Å². The molecule has 3 rings (SSSR count). The molecular formula is C20H23N4O9P. The van der Waals surface area contributed by atoms with Gasteiger partial charge in [0.15, 0.2) is 7.29 Å². The summed E-state index contributed by atoms with van der Waals surface area (Å²) in [6.45, 7) is -0.423. The lowest BCUT2D eigenvalue weighted by Gasteiger charge is -2.30. The van der Waals surface area contributed by atoms with Crippen LogP contribution in [0.1, 0.15) is 19.3 Å². The highest BCUT2D eigenvalue weighted by Gasteiger charge is 2.35. The van der Waals surface area contributed by atoms with Gasteiger partial charge in [-0.15, -0.1) is 5.06 Å². The Morgan fingerprint density at radius 1 is 0.853 bits per heavy atom. The van der Waals surface area contributed by atoms with Crippen LogP contribution in [0.3, 0.4) is 0 Å². The van der Waals surface area contributed by atoms with Gasteiger partial charge in [0, 0.05) is 69.1 Å². The van der Waals surface area contributed by atoms with E-state index in [1.54, 1.807) is 0 Å². The molecule has 3 heterocycles. The predicted molar refractivity (Wildman–Crippen MR) is 113 cm³/mol. The molecule has 3 aliphatic heterocycles. The average molecular weight is 494 g/mol. The van der Waals surface area contributed by atoms with E-state index in [0.29, 0.717) is 5.06 Å².